The Morgan fingerprint density at radius 2 is 1.03 bits per heavy atom. The number of thiazole rings is 3. The number of halogens is 12. The van der Waals surface area contributed by atoms with Crippen LogP contribution in [-0.4, -0.2) is 57.9 Å². The molecule has 0 atom stereocenters. The van der Waals surface area contributed by atoms with Gasteiger partial charge in [-0.1, -0.05) is 148 Å². The molecule has 12 rings (SSSR count). The lowest BCUT2D eigenvalue weighted by Crippen LogP contribution is -2.33. The van der Waals surface area contributed by atoms with Crippen LogP contribution in [0, 0.1) is 48.5 Å². The molecule has 0 unspecified atom stereocenters. The summed E-state index contributed by atoms with van der Waals surface area (Å²) in [6.07, 6.45) is 1.69. The monoisotopic (exact) mass is 1620 g/mol. The summed E-state index contributed by atoms with van der Waals surface area (Å²) in [5.41, 5.74) is 9.97. The quantitative estimate of drug-likeness (QED) is 0.0519. The number of carbonyl (C=O) groups is 1. The van der Waals surface area contributed by atoms with Crippen LogP contribution in [0.25, 0.3) is 64.0 Å². The first-order chi connectivity index (χ1) is 44.5. The smallest absolute Gasteiger partial charge is 0.490 e. The molecule has 0 amide bonds. The number of hydrogen-bond donors (Lipinski definition) is 2. The van der Waals surface area contributed by atoms with Crippen molar-refractivity contribution in [2.24, 2.45) is 0 Å². The van der Waals surface area contributed by atoms with Gasteiger partial charge in [0, 0.05) is 102 Å². The predicted octanol–water partition coefficient (Wildman–Crippen LogP) is 23.1. The molecule has 11 aromatic rings. The van der Waals surface area contributed by atoms with Gasteiger partial charge in [0.25, 0.3) is 0 Å². The van der Waals surface area contributed by atoms with Gasteiger partial charge in [-0.05, 0) is 198 Å². The molecule has 28 heteroatoms. The number of rotatable bonds is 7. The number of nitrogens with zero attached hydrogens (tertiary/aromatic N) is 4. The Morgan fingerprint density at radius 3 is 1.50 bits per heavy atom. The Labute approximate surface area is 621 Å². The summed E-state index contributed by atoms with van der Waals surface area (Å²) in [6.45, 7) is 22.1. The highest BCUT2D eigenvalue weighted by atomic mass is 79.9. The molecule has 1 aliphatic rings. The third-order valence-corrected chi connectivity index (χ3v) is 22.0. The Hall–Kier alpha value is -4.53. The second-order valence-corrected chi connectivity index (χ2v) is 31.2. The van der Waals surface area contributed by atoms with Crippen LogP contribution in [0.4, 0.5) is 18.9 Å². The van der Waals surface area contributed by atoms with Gasteiger partial charge in [-0.2, -0.15) is 17.7 Å². The van der Waals surface area contributed by atoms with Crippen molar-refractivity contribution in [2.75, 3.05) is 11.4 Å². The van der Waals surface area contributed by atoms with E-state index in [4.69, 9.17) is 116 Å². The highest BCUT2D eigenvalue weighted by Crippen LogP contribution is 2.53. The number of hydrogen-bond acceptors (Lipinski definition) is 13. The molecule has 0 bridgehead atoms. The molecule has 2 N–H and O–H groups in total. The van der Waals surface area contributed by atoms with Crippen molar-refractivity contribution in [3.8, 4) is 33.4 Å². The minimum atomic E-state index is -6.09. The Bertz CT molecular complexity index is 4840. The van der Waals surface area contributed by atoms with E-state index >= 15 is 0 Å². The van der Waals surface area contributed by atoms with Gasteiger partial charge in [-0.3, -0.25) is 4.79 Å². The van der Waals surface area contributed by atoms with Crippen molar-refractivity contribution < 1.29 is 45.6 Å². The van der Waals surface area contributed by atoms with Crippen LogP contribution in [0.5, 0.6) is 0 Å². The molecule has 10 nitrogen and oxygen atoms in total. The summed E-state index contributed by atoms with van der Waals surface area (Å²) in [5.74, 6) is 0.0443. The SMILES string of the molecule is C.CCN1/C(=C/C(C)=O)Sc2ccc(C)c(-c3cc(Cl)ccc3Cl)c21.CC[n+]1c(C)sc2ccc(C)c(-c3cc(Cl)ccc3Cl)c21.Cc1nc2c(-c3cc(Cl)ccc3Cl)c(C)ccc2s1.Cc1nc2c(Br)c(C)ccc2s1.O=S(=O)([O-])C(F)(F)F.OB(O)c1cc(Cl)ccc1Cl. The van der Waals surface area contributed by atoms with Gasteiger partial charge < -0.3 is 19.5 Å². The van der Waals surface area contributed by atoms with E-state index in [9.17, 15) is 18.0 Å². The van der Waals surface area contributed by atoms with E-state index in [-0.39, 0.29) is 18.7 Å². The summed E-state index contributed by atoms with van der Waals surface area (Å²) in [5, 5.41) is 26.8. The molecule has 0 spiro atoms. The van der Waals surface area contributed by atoms with Gasteiger partial charge in [-0.25, -0.2) is 18.4 Å². The minimum absolute atomic E-state index is 0. The minimum Gasteiger partial charge on any atom is -0.741 e. The zero-order valence-corrected chi connectivity index (χ0v) is 63.7. The fraction of sp³-hybridized carbons (Fsp3) is 0.206. The number of thioether (sulfide) groups is 1. The molecule has 0 radical (unpaired) electrons. The number of alkyl halides is 3. The molecule has 0 saturated carbocycles. The van der Waals surface area contributed by atoms with Gasteiger partial charge in [0.1, 0.15) is 11.2 Å². The molecule has 0 saturated heterocycles. The van der Waals surface area contributed by atoms with Crippen LogP contribution in [-0.2, 0) is 21.5 Å². The Balaban J connectivity index is 0.000000188. The van der Waals surface area contributed by atoms with Crippen molar-refractivity contribution >= 4 is 219 Å². The normalized spacial score (nSPS) is 12.1. The molecule has 96 heavy (non-hydrogen) atoms. The summed E-state index contributed by atoms with van der Waals surface area (Å²) in [7, 11) is -7.66. The highest BCUT2D eigenvalue weighted by Gasteiger charge is 2.37. The number of aryl methyl sites for hydroxylation is 8. The molecule has 3 aromatic heterocycles. The van der Waals surface area contributed by atoms with Gasteiger partial charge >= 0.3 is 12.6 Å². The molecule has 8 aromatic carbocycles. The lowest BCUT2D eigenvalue weighted by atomic mass is 9.80. The lowest BCUT2D eigenvalue weighted by Gasteiger charge is -2.23. The Kier molecular flexibility index (Phi) is 29.1. The number of carbonyl (C=O) groups excluding carboxylic acids is 1. The van der Waals surface area contributed by atoms with E-state index in [1.807, 2.05) is 67.6 Å². The topological polar surface area (TPSA) is 148 Å². The molecule has 4 heterocycles. The molecular weight excluding hydrogens is 1560 g/mol. The van der Waals surface area contributed by atoms with E-state index in [0.29, 0.717) is 35.2 Å². The van der Waals surface area contributed by atoms with Crippen LogP contribution in [0.3, 0.4) is 0 Å². The van der Waals surface area contributed by atoms with Crippen molar-refractivity contribution in [3.05, 3.63) is 214 Å². The maximum Gasteiger partial charge on any atom is 0.490 e. The maximum absolute atomic E-state index is 11.6. The number of ketones is 1. The summed E-state index contributed by atoms with van der Waals surface area (Å²) < 4.78 is 66.1. The average molecular weight is 1620 g/mol. The Morgan fingerprint density at radius 1 is 0.615 bits per heavy atom. The van der Waals surface area contributed by atoms with E-state index < -0.39 is 22.7 Å². The third kappa shape index (κ3) is 19.7. The summed E-state index contributed by atoms with van der Waals surface area (Å²) >= 11 is 59.3. The highest BCUT2D eigenvalue weighted by molar-refractivity contribution is 9.10. The van der Waals surface area contributed by atoms with Gasteiger partial charge in [-0.15, -0.1) is 22.7 Å². The van der Waals surface area contributed by atoms with Crippen LogP contribution in [0.1, 0.15) is 65.5 Å². The van der Waals surface area contributed by atoms with E-state index in [1.165, 1.54) is 53.4 Å². The van der Waals surface area contributed by atoms with Crippen LogP contribution < -0.4 is 14.9 Å². The number of anilines is 1. The maximum atomic E-state index is 11.6. The number of aromatic nitrogens is 3. The average Bonchev–Trinajstić information content (AvgIpc) is 1.28. The first-order valence-electron chi connectivity index (χ1n) is 28.4. The van der Waals surface area contributed by atoms with Gasteiger partial charge in [0.15, 0.2) is 15.9 Å². The number of fused-ring (bicyclic) bond motifs is 4. The van der Waals surface area contributed by atoms with Crippen molar-refractivity contribution in [1.82, 2.24) is 9.97 Å². The second-order valence-electron chi connectivity index (χ2n) is 20.9. The van der Waals surface area contributed by atoms with Crippen LogP contribution in [0.2, 0.25) is 40.2 Å². The fourth-order valence-corrected chi connectivity index (χ4v) is 16.0. The lowest BCUT2D eigenvalue weighted by molar-refractivity contribution is -0.669. The van der Waals surface area contributed by atoms with Gasteiger partial charge in [0.2, 0.25) is 10.5 Å². The van der Waals surface area contributed by atoms with E-state index in [2.05, 4.69) is 132 Å². The zero-order valence-electron chi connectivity index (χ0n) is 52.0. The van der Waals surface area contributed by atoms with Crippen molar-refractivity contribution in [2.45, 2.75) is 93.6 Å². The van der Waals surface area contributed by atoms with Crippen molar-refractivity contribution in [1.29, 1.82) is 0 Å². The molecular formula is C68H61BBrCl8F3N4O6S5. The van der Waals surface area contributed by atoms with Crippen molar-refractivity contribution in [3.63, 3.8) is 0 Å². The van der Waals surface area contributed by atoms with E-state index in [0.717, 1.165) is 98.2 Å². The largest absolute Gasteiger partial charge is 0.741 e. The van der Waals surface area contributed by atoms with Crippen LogP contribution >= 0.6 is 155 Å². The molecule has 1 aliphatic heterocycles. The fourth-order valence-electron chi connectivity index (χ4n) is 9.85. The number of allylic oxidation sites excluding steroid dienone is 1. The first kappa shape index (κ1) is 80.5. The first-order valence-corrected chi connectivity index (χ1v) is 36.9. The third-order valence-electron chi connectivity index (χ3n) is 14.1. The zero-order chi connectivity index (χ0) is 70.3. The summed E-state index contributed by atoms with van der Waals surface area (Å²) in [6, 6.07) is 38.2. The predicted molar refractivity (Wildman–Crippen MR) is 407 cm³/mol. The molecule has 0 aliphatic carbocycles. The second kappa shape index (κ2) is 34.7. The number of benzene rings is 8. The van der Waals surface area contributed by atoms with Gasteiger partial charge in [0.05, 0.1) is 46.7 Å². The standard InChI is InChI=1S/C19H17Cl2NOS.C17H16Cl2NS.C15H11Cl2NS.C9H8BrNS.C6H5BCl2O2.CHF3O3S.CH4/c1-4-22-17(9-12(3)23)24-16-8-5-11(2)18(19(16)22)14-10-13(20)6-7-15(14)21;1-4-20-11(3)21-15-8-5-10(2)16(17(15)20)13-9-12(18)6-7-14(13)19;1-8-3-6-13-15(18-9(2)19-13)14(8)11-7-10(16)4-5-12(11)17;1-5-3-4-7-9(8(5)10)11-6(2)12-7;8-4-1-2-6(9)5(3-4)7(10)11;2-1(3,4)8(5,6)7;/h5-10H,4H2,1-3H3;5-9H,4H2,1-3H3;3-7H,1-2H3;3-4H,1-2H3;1-3,10-11H;(H,5,6,7);1H4/q;+1;;;;;/p-1/b17-9-;;;;;;. The molecule has 506 valence electrons. The summed E-state index contributed by atoms with van der Waals surface area (Å²) in [4.78, 5) is 24.0. The van der Waals surface area contributed by atoms with Crippen LogP contribution in [0.15, 0.2) is 142 Å². The van der Waals surface area contributed by atoms with E-state index in [1.54, 1.807) is 65.6 Å². The molecule has 0 fully saturated rings.